The van der Waals surface area contributed by atoms with Gasteiger partial charge in [-0.25, -0.2) is 0 Å². The Morgan fingerprint density at radius 2 is 1.31 bits per heavy atom. The maximum absolute atomic E-state index is 9.50. The monoisotopic (exact) mass is 430 g/mol. The second kappa shape index (κ2) is 7.83. The van der Waals surface area contributed by atoms with Crippen LogP contribution < -0.4 is 4.65 Å². The average Bonchev–Trinajstić information content (AvgIpc) is 3.25. The summed E-state index contributed by atoms with van der Waals surface area (Å²) in [5.41, 5.74) is 4.85. The number of hydrogen-bond acceptors (Lipinski definition) is 3. The number of fused-ring (bicyclic) bond motifs is 5. The third-order valence-electron chi connectivity index (χ3n) is 5.98. The maximum Gasteiger partial charge on any atom is 0.504 e. The van der Waals surface area contributed by atoms with E-state index in [9.17, 15) is 5.02 Å². The van der Waals surface area contributed by atoms with Crippen LogP contribution in [0.1, 0.15) is 0 Å². The molecule has 0 aliphatic carbocycles. The molecule has 5 aromatic carbocycles. The molecule has 0 atom stereocenters. The molecule has 0 saturated heterocycles. The van der Waals surface area contributed by atoms with Gasteiger partial charge in [-0.1, -0.05) is 97.1 Å². The zero-order chi connectivity index (χ0) is 21.5. The predicted molar refractivity (Wildman–Crippen MR) is 138 cm³/mol. The van der Waals surface area contributed by atoms with Gasteiger partial charge in [0.2, 0.25) is 0 Å². The molecule has 2 nitrogen and oxygen atoms in total. The fraction of sp³-hybridized carbons (Fsp3) is 0. The Kier molecular flexibility index (Phi) is 4.68. The molecule has 6 aromatic rings. The van der Waals surface area contributed by atoms with Gasteiger partial charge in [0.25, 0.3) is 0 Å². The van der Waals surface area contributed by atoms with Crippen LogP contribution in [0.3, 0.4) is 0 Å². The highest BCUT2D eigenvalue weighted by Crippen LogP contribution is 2.47. The van der Waals surface area contributed by atoms with Crippen LogP contribution in [0.5, 0.6) is 5.75 Å². The lowest BCUT2D eigenvalue weighted by atomic mass is 9.93. The molecule has 0 aliphatic rings. The molecule has 32 heavy (non-hydrogen) atoms. The van der Waals surface area contributed by atoms with Crippen molar-refractivity contribution in [2.45, 2.75) is 0 Å². The molecule has 1 aromatic heterocycles. The average molecular weight is 430 g/mol. The Morgan fingerprint density at radius 1 is 0.625 bits per heavy atom. The fourth-order valence-corrected chi connectivity index (χ4v) is 5.91. The van der Waals surface area contributed by atoms with Gasteiger partial charge in [0.15, 0.2) is 0 Å². The van der Waals surface area contributed by atoms with Gasteiger partial charge >= 0.3 is 7.69 Å². The zero-order valence-corrected chi connectivity index (χ0v) is 18.1. The number of thiophene rings is 1. The van der Waals surface area contributed by atoms with Gasteiger partial charge in [0.05, 0.1) is 4.70 Å². The van der Waals surface area contributed by atoms with E-state index in [1.54, 1.807) is 11.3 Å². The normalized spacial score (nSPS) is 11.3. The molecule has 1 N–H and O–H groups in total. The smallest absolute Gasteiger partial charge is 0.504 e. The van der Waals surface area contributed by atoms with Crippen LogP contribution in [0.25, 0.3) is 53.2 Å². The highest BCUT2D eigenvalue weighted by molar-refractivity contribution is 7.27. The van der Waals surface area contributed by atoms with Crippen LogP contribution in [0.4, 0.5) is 0 Å². The van der Waals surface area contributed by atoms with E-state index in [0.29, 0.717) is 0 Å². The zero-order valence-electron chi connectivity index (χ0n) is 17.3. The molecule has 1 heterocycles. The molecule has 4 heteroatoms. The molecular formula is C28H19BO2S. The Hall–Kier alpha value is -3.60. The molecule has 0 saturated carbocycles. The molecule has 6 rings (SSSR count). The minimum atomic E-state index is -0.342. The van der Waals surface area contributed by atoms with Gasteiger partial charge in [0, 0.05) is 21.0 Å². The second-order valence-electron chi connectivity index (χ2n) is 7.77. The minimum Gasteiger partial charge on any atom is -0.538 e. The van der Waals surface area contributed by atoms with Crippen LogP contribution in [0, 0.1) is 0 Å². The SMILES string of the molecule is OBOc1cc2ccccc2c2c1sc1c(-c3ccccc3-c3ccccc3)cccc12. The van der Waals surface area contributed by atoms with E-state index >= 15 is 0 Å². The molecule has 0 unspecified atom stereocenters. The molecule has 152 valence electrons. The van der Waals surface area contributed by atoms with Crippen molar-refractivity contribution < 1.29 is 9.68 Å². The lowest BCUT2D eigenvalue weighted by molar-refractivity contribution is 0.457. The summed E-state index contributed by atoms with van der Waals surface area (Å²) in [6.45, 7) is 0. The summed E-state index contributed by atoms with van der Waals surface area (Å²) in [4.78, 5) is 0. The topological polar surface area (TPSA) is 29.5 Å². The third-order valence-corrected chi connectivity index (χ3v) is 7.23. The fourth-order valence-electron chi connectivity index (χ4n) is 4.59. The number of hydrogen-bond donors (Lipinski definition) is 1. The van der Waals surface area contributed by atoms with Crippen molar-refractivity contribution in [2.75, 3.05) is 0 Å². The van der Waals surface area contributed by atoms with E-state index in [0.717, 1.165) is 15.8 Å². The van der Waals surface area contributed by atoms with E-state index in [1.807, 2.05) is 18.2 Å². The van der Waals surface area contributed by atoms with Crippen molar-refractivity contribution in [3.05, 3.63) is 103 Å². The molecular weight excluding hydrogens is 411 g/mol. The van der Waals surface area contributed by atoms with Crippen molar-refractivity contribution in [1.82, 2.24) is 0 Å². The van der Waals surface area contributed by atoms with Crippen molar-refractivity contribution in [3.63, 3.8) is 0 Å². The summed E-state index contributed by atoms with van der Waals surface area (Å²) in [6.07, 6.45) is 0. The first-order valence-corrected chi connectivity index (χ1v) is 11.4. The number of rotatable bonds is 4. The summed E-state index contributed by atoms with van der Waals surface area (Å²) in [6, 6.07) is 36.0. The molecule has 0 bridgehead atoms. The molecule has 0 fully saturated rings. The van der Waals surface area contributed by atoms with Crippen LogP contribution in [0.15, 0.2) is 103 Å². The quantitative estimate of drug-likeness (QED) is 0.300. The van der Waals surface area contributed by atoms with Crippen molar-refractivity contribution >= 4 is 50.0 Å². The summed E-state index contributed by atoms with van der Waals surface area (Å²) < 4.78 is 7.96. The van der Waals surface area contributed by atoms with Gasteiger partial charge in [0.1, 0.15) is 5.75 Å². The molecule has 0 amide bonds. The highest BCUT2D eigenvalue weighted by atomic mass is 32.1. The van der Waals surface area contributed by atoms with Crippen LogP contribution in [-0.4, -0.2) is 12.7 Å². The standard InChI is InChI=1S/C28H19BO2S/c30-29-31-25-17-19-11-4-5-13-21(19)26-24-16-8-15-23(27(24)32-28(25)26)22-14-7-6-12-20(22)18-9-2-1-3-10-18/h1-17,29-30H. The molecule has 0 radical (unpaired) electrons. The Labute approximate surface area is 190 Å². The van der Waals surface area contributed by atoms with Gasteiger partial charge in [-0.05, 0) is 33.5 Å². The second-order valence-corrected chi connectivity index (χ2v) is 8.79. The van der Waals surface area contributed by atoms with Gasteiger partial charge in [-0.2, -0.15) is 0 Å². The van der Waals surface area contributed by atoms with Crippen molar-refractivity contribution in [2.24, 2.45) is 0 Å². The van der Waals surface area contributed by atoms with Gasteiger partial charge < -0.3 is 9.68 Å². The minimum absolute atomic E-state index is 0.342. The number of benzene rings is 5. The maximum atomic E-state index is 9.50. The van der Waals surface area contributed by atoms with Crippen LogP contribution in [-0.2, 0) is 0 Å². The largest absolute Gasteiger partial charge is 0.538 e. The molecule has 0 aliphatic heterocycles. The van der Waals surface area contributed by atoms with Crippen molar-refractivity contribution in [3.8, 4) is 28.0 Å². The van der Waals surface area contributed by atoms with Gasteiger partial charge in [-0.3, -0.25) is 0 Å². The van der Waals surface area contributed by atoms with E-state index in [-0.39, 0.29) is 7.69 Å². The Balaban J connectivity index is 1.71. The van der Waals surface area contributed by atoms with E-state index in [2.05, 4.69) is 84.9 Å². The Bertz CT molecular complexity index is 1590. The van der Waals surface area contributed by atoms with E-state index in [4.69, 9.17) is 4.65 Å². The summed E-state index contributed by atoms with van der Waals surface area (Å²) in [5.74, 6) is 0.727. The Morgan fingerprint density at radius 3 is 2.16 bits per heavy atom. The first-order valence-electron chi connectivity index (χ1n) is 10.6. The van der Waals surface area contributed by atoms with Gasteiger partial charge in [-0.15, -0.1) is 11.3 Å². The lowest BCUT2D eigenvalue weighted by Gasteiger charge is -2.11. The van der Waals surface area contributed by atoms with E-state index < -0.39 is 0 Å². The first-order chi connectivity index (χ1) is 15.8. The summed E-state index contributed by atoms with van der Waals surface area (Å²) >= 11 is 1.73. The predicted octanol–water partition coefficient (Wildman–Crippen LogP) is 7.18. The summed E-state index contributed by atoms with van der Waals surface area (Å²) in [7, 11) is -0.342. The molecule has 0 spiro atoms. The lowest BCUT2D eigenvalue weighted by Crippen LogP contribution is -1.99. The van der Waals surface area contributed by atoms with Crippen LogP contribution >= 0.6 is 11.3 Å². The van der Waals surface area contributed by atoms with Crippen molar-refractivity contribution in [1.29, 1.82) is 0 Å². The summed E-state index contributed by atoms with van der Waals surface area (Å²) in [5, 5.41) is 14.2. The van der Waals surface area contributed by atoms with Crippen LogP contribution in [0.2, 0.25) is 0 Å². The first kappa shape index (κ1) is 19.1. The van der Waals surface area contributed by atoms with E-state index in [1.165, 1.54) is 43.1 Å². The highest BCUT2D eigenvalue weighted by Gasteiger charge is 2.18. The third kappa shape index (κ3) is 3.00.